The van der Waals surface area contributed by atoms with Crippen LogP contribution in [0.3, 0.4) is 0 Å². The first-order valence-corrected chi connectivity index (χ1v) is 6.52. The number of amides is 2. The summed E-state index contributed by atoms with van der Waals surface area (Å²) in [7, 11) is 3.29. The molecule has 8 nitrogen and oxygen atoms in total. The van der Waals surface area contributed by atoms with Gasteiger partial charge in [-0.25, -0.2) is 4.79 Å². The molecule has 0 spiro atoms. The van der Waals surface area contributed by atoms with Crippen LogP contribution in [0.4, 0.5) is 16.2 Å². The van der Waals surface area contributed by atoms with E-state index < -0.39 is 0 Å². The van der Waals surface area contributed by atoms with E-state index in [1.165, 1.54) is 4.90 Å². The van der Waals surface area contributed by atoms with E-state index in [9.17, 15) is 4.79 Å². The number of ether oxygens (including phenoxy) is 1. The van der Waals surface area contributed by atoms with Crippen LogP contribution < -0.4 is 10.2 Å². The maximum absolute atomic E-state index is 12.2. The molecule has 0 aliphatic heterocycles. The summed E-state index contributed by atoms with van der Waals surface area (Å²) in [6, 6.07) is -0.282. The van der Waals surface area contributed by atoms with E-state index in [0.29, 0.717) is 36.0 Å². The number of hydrogen-bond acceptors (Lipinski definition) is 5. The second kappa shape index (κ2) is 6.40. The number of anilines is 2. The van der Waals surface area contributed by atoms with Crippen LogP contribution in [0.1, 0.15) is 11.5 Å². The lowest BCUT2D eigenvalue weighted by Crippen LogP contribution is -2.31. The summed E-state index contributed by atoms with van der Waals surface area (Å²) in [4.78, 5) is 13.7. The third-order valence-electron chi connectivity index (χ3n) is 3.04. The molecule has 2 heterocycles. The van der Waals surface area contributed by atoms with Crippen LogP contribution in [0.5, 0.6) is 0 Å². The molecule has 0 radical (unpaired) electrons. The van der Waals surface area contributed by atoms with Crippen LogP contribution >= 0.6 is 0 Å². The number of carbonyl (C=O) groups is 1. The van der Waals surface area contributed by atoms with Crippen LogP contribution in [0.15, 0.2) is 16.9 Å². The van der Waals surface area contributed by atoms with Crippen LogP contribution in [0, 0.1) is 13.8 Å². The molecule has 0 fully saturated rings. The Morgan fingerprint density at radius 2 is 2.29 bits per heavy atom. The molecule has 0 atom stereocenters. The van der Waals surface area contributed by atoms with Crippen molar-refractivity contribution >= 4 is 17.4 Å². The number of urea groups is 1. The maximum Gasteiger partial charge on any atom is 0.326 e. The molecule has 2 aromatic rings. The molecule has 2 amide bonds. The minimum absolute atomic E-state index is 0.282. The van der Waals surface area contributed by atoms with Gasteiger partial charge >= 0.3 is 6.03 Å². The minimum Gasteiger partial charge on any atom is -0.383 e. The highest BCUT2D eigenvalue weighted by molar-refractivity contribution is 6.01. The van der Waals surface area contributed by atoms with Crippen molar-refractivity contribution in [1.82, 2.24) is 14.9 Å². The van der Waals surface area contributed by atoms with E-state index >= 15 is 0 Å². The molecule has 0 aliphatic carbocycles. The van der Waals surface area contributed by atoms with Gasteiger partial charge in [-0.3, -0.25) is 9.58 Å². The van der Waals surface area contributed by atoms with Crippen molar-refractivity contribution in [3.05, 3.63) is 23.8 Å². The number of hydrogen-bond donors (Lipinski definition) is 1. The highest BCUT2D eigenvalue weighted by Gasteiger charge is 2.19. The molecule has 0 saturated heterocycles. The summed E-state index contributed by atoms with van der Waals surface area (Å²) < 4.78 is 11.7. The molecule has 114 valence electrons. The Morgan fingerprint density at radius 1 is 1.52 bits per heavy atom. The molecule has 0 unspecified atom stereocenters. The van der Waals surface area contributed by atoms with Gasteiger partial charge in [-0.1, -0.05) is 5.16 Å². The van der Waals surface area contributed by atoms with Crippen molar-refractivity contribution in [2.24, 2.45) is 0 Å². The number of nitrogens with one attached hydrogen (secondary N) is 1. The van der Waals surface area contributed by atoms with Gasteiger partial charge in [0.15, 0.2) is 5.76 Å². The van der Waals surface area contributed by atoms with Crippen molar-refractivity contribution < 1.29 is 14.1 Å². The summed E-state index contributed by atoms with van der Waals surface area (Å²) in [6.07, 6.45) is 3.34. The third-order valence-corrected chi connectivity index (χ3v) is 3.04. The first-order valence-electron chi connectivity index (χ1n) is 6.52. The molecule has 1 N–H and O–H groups in total. The molecule has 0 bridgehead atoms. The molecule has 2 aromatic heterocycles. The van der Waals surface area contributed by atoms with E-state index in [1.807, 2.05) is 0 Å². The van der Waals surface area contributed by atoms with Crippen LogP contribution in [0.2, 0.25) is 0 Å². The second-order valence-electron chi connectivity index (χ2n) is 4.65. The Morgan fingerprint density at radius 3 is 2.90 bits per heavy atom. The third kappa shape index (κ3) is 3.40. The summed E-state index contributed by atoms with van der Waals surface area (Å²) in [5.41, 5.74) is 1.95. The van der Waals surface area contributed by atoms with Gasteiger partial charge in [0.05, 0.1) is 25.0 Å². The number of methoxy groups -OCH3 is 1. The lowest BCUT2D eigenvalue weighted by molar-refractivity contribution is 0.183. The van der Waals surface area contributed by atoms with Gasteiger partial charge in [0.1, 0.15) is 11.4 Å². The van der Waals surface area contributed by atoms with Crippen LogP contribution in [-0.4, -0.2) is 41.7 Å². The topological polar surface area (TPSA) is 85.4 Å². The molecule has 8 heteroatoms. The number of carbonyl (C=O) groups excluding carboxylic acids is 1. The molecular formula is C13H19N5O3. The number of nitrogens with zero attached hydrogens (tertiary/aromatic N) is 4. The van der Waals surface area contributed by atoms with Gasteiger partial charge in [-0.05, 0) is 13.8 Å². The Kier molecular flexibility index (Phi) is 4.59. The van der Waals surface area contributed by atoms with E-state index in [4.69, 9.17) is 9.26 Å². The first kappa shape index (κ1) is 15.0. The second-order valence-corrected chi connectivity index (χ2v) is 4.65. The smallest absolute Gasteiger partial charge is 0.326 e. The van der Waals surface area contributed by atoms with Gasteiger partial charge < -0.3 is 14.6 Å². The zero-order chi connectivity index (χ0) is 15.4. The fourth-order valence-corrected chi connectivity index (χ4v) is 2.00. The lowest BCUT2D eigenvalue weighted by atomic mass is 10.3. The SMILES string of the molecule is COCCn1cc(NC(=O)N(C)c2c(C)noc2C)cn1. The molecular weight excluding hydrogens is 274 g/mol. The fourth-order valence-electron chi connectivity index (χ4n) is 2.00. The zero-order valence-corrected chi connectivity index (χ0v) is 12.6. The van der Waals surface area contributed by atoms with E-state index in [-0.39, 0.29) is 6.03 Å². The Labute approximate surface area is 122 Å². The van der Waals surface area contributed by atoms with Crippen molar-refractivity contribution in [1.29, 1.82) is 0 Å². The van der Waals surface area contributed by atoms with Gasteiger partial charge in [-0.2, -0.15) is 5.10 Å². The summed E-state index contributed by atoms with van der Waals surface area (Å²) in [5.74, 6) is 0.598. The van der Waals surface area contributed by atoms with Crippen molar-refractivity contribution in [2.45, 2.75) is 20.4 Å². The number of aromatic nitrogens is 3. The molecule has 21 heavy (non-hydrogen) atoms. The molecule has 0 aliphatic rings. The van der Waals surface area contributed by atoms with Gasteiger partial charge in [-0.15, -0.1) is 0 Å². The van der Waals surface area contributed by atoms with E-state index in [2.05, 4.69) is 15.6 Å². The minimum atomic E-state index is -0.282. The zero-order valence-electron chi connectivity index (χ0n) is 12.6. The van der Waals surface area contributed by atoms with Crippen molar-refractivity contribution in [3.8, 4) is 0 Å². The molecule has 2 rings (SSSR count). The van der Waals surface area contributed by atoms with Crippen molar-refractivity contribution in [2.75, 3.05) is 31.0 Å². The Bertz CT molecular complexity index is 600. The van der Waals surface area contributed by atoms with Crippen LogP contribution in [0.25, 0.3) is 0 Å². The Balaban J connectivity index is 2.02. The average molecular weight is 293 g/mol. The lowest BCUT2D eigenvalue weighted by Gasteiger charge is -2.16. The predicted octanol–water partition coefficient (Wildman–Crippen LogP) is 1.80. The number of rotatable bonds is 5. The first-order chi connectivity index (χ1) is 10.0. The van der Waals surface area contributed by atoms with E-state index in [1.54, 1.807) is 45.1 Å². The number of aryl methyl sites for hydroxylation is 2. The largest absolute Gasteiger partial charge is 0.383 e. The molecule has 0 saturated carbocycles. The van der Waals surface area contributed by atoms with E-state index in [0.717, 1.165) is 0 Å². The summed E-state index contributed by atoms with van der Waals surface area (Å²) in [6.45, 7) is 4.75. The summed E-state index contributed by atoms with van der Waals surface area (Å²) in [5, 5.41) is 10.7. The van der Waals surface area contributed by atoms with Gasteiger partial charge in [0.25, 0.3) is 0 Å². The average Bonchev–Trinajstić information content (AvgIpc) is 3.03. The van der Waals surface area contributed by atoms with Gasteiger partial charge in [0, 0.05) is 20.4 Å². The quantitative estimate of drug-likeness (QED) is 0.908. The normalized spacial score (nSPS) is 10.7. The van der Waals surface area contributed by atoms with Crippen LogP contribution in [-0.2, 0) is 11.3 Å². The highest BCUT2D eigenvalue weighted by Crippen LogP contribution is 2.23. The molecule has 0 aromatic carbocycles. The maximum atomic E-state index is 12.2. The standard InChI is InChI=1S/C13H19N5O3/c1-9-12(10(2)21-16-9)17(3)13(19)15-11-7-14-18(8-11)5-6-20-4/h7-8H,5-6H2,1-4H3,(H,15,19). The Hall–Kier alpha value is -2.35. The van der Waals surface area contributed by atoms with Gasteiger partial charge in [0.2, 0.25) is 0 Å². The highest BCUT2D eigenvalue weighted by atomic mass is 16.5. The monoisotopic (exact) mass is 293 g/mol. The predicted molar refractivity (Wildman–Crippen MR) is 77.5 cm³/mol. The fraction of sp³-hybridized carbons (Fsp3) is 0.462. The summed E-state index contributed by atoms with van der Waals surface area (Å²) >= 11 is 0. The van der Waals surface area contributed by atoms with Crippen molar-refractivity contribution in [3.63, 3.8) is 0 Å².